The molecule has 0 amide bonds. The zero-order valence-electron chi connectivity index (χ0n) is 12.3. The van der Waals surface area contributed by atoms with Gasteiger partial charge in [0.05, 0.1) is 4.47 Å². The second-order valence-electron chi connectivity index (χ2n) is 5.22. The third-order valence-electron chi connectivity index (χ3n) is 3.18. The molecule has 1 N–H and O–H groups in total. The van der Waals surface area contributed by atoms with E-state index in [2.05, 4.69) is 54.2 Å². The van der Waals surface area contributed by atoms with E-state index in [0.717, 1.165) is 34.5 Å². The van der Waals surface area contributed by atoms with E-state index in [1.54, 1.807) is 0 Å². The van der Waals surface area contributed by atoms with Crippen LogP contribution in [0.2, 0.25) is 0 Å². The van der Waals surface area contributed by atoms with Gasteiger partial charge in [-0.15, -0.1) is 0 Å². The van der Waals surface area contributed by atoms with Crippen molar-refractivity contribution in [3.05, 3.63) is 27.7 Å². The molecule has 0 unspecified atom stereocenters. The van der Waals surface area contributed by atoms with Gasteiger partial charge in [0.2, 0.25) is 0 Å². The molecule has 0 radical (unpaired) electrons. The second kappa shape index (κ2) is 7.14. The first-order valence-electron chi connectivity index (χ1n) is 7.12. The summed E-state index contributed by atoms with van der Waals surface area (Å²) < 4.78 is 12.2. The largest absolute Gasteiger partial charge is 0.486 e. The molecular formula is C16H22BrNO2. The third kappa shape index (κ3) is 4.00. The first kappa shape index (κ1) is 15.4. The van der Waals surface area contributed by atoms with Crippen molar-refractivity contribution < 1.29 is 9.47 Å². The normalized spacial score (nSPS) is 14.8. The topological polar surface area (TPSA) is 30.5 Å². The average molecular weight is 340 g/mol. The van der Waals surface area contributed by atoms with Crippen molar-refractivity contribution in [2.45, 2.75) is 33.2 Å². The number of hydrogen-bond acceptors (Lipinski definition) is 3. The van der Waals surface area contributed by atoms with Crippen LogP contribution in [-0.2, 0) is 0 Å². The van der Waals surface area contributed by atoms with Crippen molar-refractivity contribution >= 4 is 22.0 Å². The van der Waals surface area contributed by atoms with Crippen molar-refractivity contribution in [2.24, 2.45) is 0 Å². The molecule has 3 nitrogen and oxygen atoms in total. The number of rotatable bonds is 5. The molecule has 0 fully saturated rings. The molecular weight excluding hydrogens is 318 g/mol. The van der Waals surface area contributed by atoms with Gasteiger partial charge in [0.15, 0.2) is 11.5 Å². The molecule has 2 rings (SSSR count). The summed E-state index contributed by atoms with van der Waals surface area (Å²) in [5.74, 6) is 1.64. The van der Waals surface area contributed by atoms with Crippen molar-refractivity contribution in [3.8, 4) is 11.5 Å². The van der Waals surface area contributed by atoms with Crippen LogP contribution in [-0.4, -0.2) is 25.8 Å². The minimum atomic E-state index is 0.497. The van der Waals surface area contributed by atoms with E-state index >= 15 is 0 Å². The SMILES string of the molecule is CCC(=Cc1cc(Br)c2c(c1)OCCO2)CNC(C)C. The fourth-order valence-electron chi connectivity index (χ4n) is 2.06. The minimum Gasteiger partial charge on any atom is -0.486 e. The van der Waals surface area contributed by atoms with Crippen LogP contribution in [0.3, 0.4) is 0 Å². The van der Waals surface area contributed by atoms with Crippen LogP contribution in [0.1, 0.15) is 32.8 Å². The Labute approximate surface area is 129 Å². The van der Waals surface area contributed by atoms with Gasteiger partial charge in [-0.1, -0.05) is 32.4 Å². The first-order chi connectivity index (χ1) is 9.60. The van der Waals surface area contributed by atoms with E-state index in [1.807, 2.05) is 6.07 Å². The van der Waals surface area contributed by atoms with E-state index in [-0.39, 0.29) is 0 Å². The Balaban J connectivity index is 2.21. The maximum absolute atomic E-state index is 5.66. The van der Waals surface area contributed by atoms with Crippen LogP contribution < -0.4 is 14.8 Å². The summed E-state index contributed by atoms with van der Waals surface area (Å²) in [5, 5.41) is 3.46. The van der Waals surface area contributed by atoms with Crippen molar-refractivity contribution in [2.75, 3.05) is 19.8 Å². The van der Waals surface area contributed by atoms with Gasteiger partial charge in [0.1, 0.15) is 13.2 Å². The second-order valence-corrected chi connectivity index (χ2v) is 6.07. The highest BCUT2D eigenvalue weighted by Crippen LogP contribution is 2.39. The molecule has 0 spiro atoms. The number of fused-ring (bicyclic) bond motifs is 1. The Morgan fingerprint density at radius 2 is 2.10 bits per heavy atom. The number of halogens is 1. The van der Waals surface area contributed by atoms with Gasteiger partial charge in [-0.3, -0.25) is 0 Å². The highest BCUT2D eigenvalue weighted by molar-refractivity contribution is 9.10. The highest BCUT2D eigenvalue weighted by Gasteiger charge is 2.15. The lowest BCUT2D eigenvalue weighted by atomic mass is 10.1. The Morgan fingerprint density at radius 1 is 1.35 bits per heavy atom. The van der Waals surface area contributed by atoms with Crippen LogP contribution in [0.25, 0.3) is 6.08 Å². The Bertz CT molecular complexity index is 497. The lowest BCUT2D eigenvalue weighted by molar-refractivity contribution is 0.170. The van der Waals surface area contributed by atoms with E-state index in [0.29, 0.717) is 19.3 Å². The van der Waals surface area contributed by atoms with Gasteiger partial charge in [0.25, 0.3) is 0 Å². The summed E-state index contributed by atoms with van der Waals surface area (Å²) in [7, 11) is 0. The van der Waals surface area contributed by atoms with Crippen LogP contribution in [0, 0.1) is 0 Å². The van der Waals surface area contributed by atoms with Crippen molar-refractivity contribution in [1.29, 1.82) is 0 Å². The van der Waals surface area contributed by atoms with Crippen LogP contribution in [0.15, 0.2) is 22.2 Å². The van der Waals surface area contributed by atoms with Gasteiger partial charge in [0, 0.05) is 12.6 Å². The molecule has 1 aromatic rings. The molecule has 1 aromatic carbocycles. The smallest absolute Gasteiger partial charge is 0.175 e. The molecule has 0 aliphatic carbocycles. The van der Waals surface area contributed by atoms with E-state index in [9.17, 15) is 0 Å². The van der Waals surface area contributed by atoms with E-state index in [4.69, 9.17) is 9.47 Å². The van der Waals surface area contributed by atoms with Gasteiger partial charge in [-0.25, -0.2) is 0 Å². The summed E-state index contributed by atoms with van der Waals surface area (Å²) in [4.78, 5) is 0. The van der Waals surface area contributed by atoms with Crippen molar-refractivity contribution in [3.63, 3.8) is 0 Å². The van der Waals surface area contributed by atoms with Crippen LogP contribution in [0.5, 0.6) is 11.5 Å². The molecule has 0 saturated carbocycles. The van der Waals surface area contributed by atoms with Crippen LogP contribution in [0.4, 0.5) is 0 Å². The standard InChI is InChI=1S/C16H22BrNO2/c1-4-12(10-18-11(2)3)7-13-8-14(17)16-15(9-13)19-5-6-20-16/h7-9,11,18H,4-6,10H2,1-3H3. The number of benzene rings is 1. The summed E-state index contributed by atoms with van der Waals surface area (Å²) in [5.41, 5.74) is 2.52. The predicted molar refractivity (Wildman–Crippen MR) is 86.5 cm³/mol. The Kier molecular flexibility index (Phi) is 5.49. The van der Waals surface area contributed by atoms with E-state index in [1.165, 1.54) is 5.57 Å². The molecule has 1 aliphatic heterocycles. The summed E-state index contributed by atoms with van der Waals surface area (Å²) >= 11 is 3.56. The molecule has 1 heterocycles. The third-order valence-corrected chi connectivity index (χ3v) is 3.77. The minimum absolute atomic E-state index is 0.497. The number of ether oxygens (including phenoxy) is 2. The summed E-state index contributed by atoms with van der Waals surface area (Å²) in [6.07, 6.45) is 3.25. The van der Waals surface area contributed by atoms with Gasteiger partial charge in [-0.2, -0.15) is 0 Å². The zero-order chi connectivity index (χ0) is 14.5. The number of nitrogens with one attached hydrogen (secondary N) is 1. The molecule has 0 bridgehead atoms. The molecule has 0 aromatic heterocycles. The number of hydrogen-bond donors (Lipinski definition) is 1. The molecule has 1 aliphatic rings. The fraction of sp³-hybridized carbons (Fsp3) is 0.500. The molecule has 4 heteroatoms. The van der Waals surface area contributed by atoms with E-state index < -0.39 is 0 Å². The average Bonchev–Trinajstić information content (AvgIpc) is 2.43. The predicted octanol–water partition coefficient (Wildman–Crippen LogP) is 4.01. The molecule has 0 saturated heterocycles. The van der Waals surface area contributed by atoms with Gasteiger partial charge in [-0.05, 0) is 40.0 Å². The summed E-state index contributed by atoms with van der Waals surface area (Å²) in [6.45, 7) is 8.64. The molecule has 110 valence electrons. The van der Waals surface area contributed by atoms with Crippen LogP contribution >= 0.6 is 15.9 Å². The monoisotopic (exact) mass is 339 g/mol. The lowest BCUT2D eigenvalue weighted by Gasteiger charge is -2.20. The zero-order valence-corrected chi connectivity index (χ0v) is 13.9. The maximum atomic E-state index is 5.66. The Hall–Kier alpha value is -1.00. The Morgan fingerprint density at radius 3 is 2.80 bits per heavy atom. The van der Waals surface area contributed by atoms with Crippen molar-refractivity contribution in [1.82, 2.24) is 5.32 Å². The summed E-state index contributed by atoms with van der Waals surface area (Å²) in [6, 6.07) is 4.62. The highest BCUT2D eigenvalue weighted by atomic mass is 79.9. The van der Waals surface area contributed by atoms with Gasteiger partial charge >= 0.3 is 0 Å². The first-order valence-corrected chi connectivity index (χ1v) is 7.91. The maximum Gasteiger partial charge on any atom is 0.175 e. The molecule has 0 atom stereocenters. The quantitative estimate of drug-likeness (QED) is 0.878. The van der Waals surface area contributed by atoms with Gasteiger partial charge < -0.3 is 14.8 Å². The fourth-order valence-corrected chi connectivity index (χ4v) is 2.64. The molecule has 20 heavy (non-hydrogen) atoms. The lowest BCUT2D eigenvalue weighted by Crippen LogP contribution is -2.24.